The fourth-order valence-corrected chi connectivity index (χ4v) is 3.03. The molecule has 2 unspecified atom stereocenters. The minimum atomic E-state index is -0.142. The number of esters is 1. The molecule has 146 valence electrons. The molecule has 0 aromatic heterocycles. The lowest BCUT2D eigenvalue weighted by Gasteiger charge is -2.21. The van der Waals surface area contributed by atoms with E-state index in [0.29, 0.717) is 13.2 Å². The van der Waals surface area contributed by atoms with Gasteiger partial charge >= 0.3 is 5.97 Å². The number of halogens is 1. The Morgan fingerprint density at radius 2 is 2.00 bits per heavy atom. The number of aliphatic imine (C=N–C) groups is 1. The van der Waals surface area contributed by atoms with E-state index in [4.69, 9.17) is 9.47 Å². The maximum atomic E-state index is 11.8. The zero-order valence-corrected chi connectivity index (χ0v) is 18.4. The molecule has 0 radical (unpaired) electrons. The zero-order valence-electron chi connectivity index (χ0n) is 16.0. The van der Waals surface area contributed by atoms with Crippen LogP contribution in [0.5, 0.6) is 5.75 Å². The van der Waals surface area contributed by atoms with Gasteiger partial charge in [0.25, 0.3) is 0 Å². The molecule has 1 aromatic carbocycles. The van der Waals surface area contributed by atoms with Crippen molar-refractivity contribution >= 4 is 35.9 Å². The number of hydrogen-bond donors (Lipinski definition) is 1. The molecule has 0 bridgehead atoms. The highest BCUT2D eigenvalue weighted by molar-refractivity contribution is 14.0. The van der Waals surface area contributed by atoms with Gasteiger partial charge in [0.15, 0.2) is 5.96 Å². The van der Waals surface area contributed by atoms with E-state index in [0.717, 1.165) is 31.2 Å². The molecular formula is C19H30IN3O3. The van der Waals surface area contributed by atoms with Crippen LogP contribution in [0, 0.1) is 18.8 Å². The molecular weight excluding hydrogens is 445 g/mol. The molecule has 1 fully saturated rings. The average molecular weight is 475 g/mol. The Morgan fingerprint density at radius 1 is 1.31 bits per heavy atom. The van der Waals surface area contributed by atoms with Crippen LogP contribution in [0.25, 0.3) is 0 Å². The van der Waals surface area contributed by atoms with Gasteiger partial charge in [0.1, 0.15) is 5.75 Å². The summed E-state index contributed by atoms with van der Waals surface area (Å²) in [7, 11) is 3.21. The number of guanidine groups is 1. The van der Waals surface area contributed by atoms with E-state index >= 15 is 0 Å². The molecule has 26 heavy (non-hydrogen) atoms. The molecule has 0 amide bonds. The van der Waals surface area contributed by atoms with Gasteiger partial charge in [-0.05, 0) is 31.4 Å². The summed E-state index contributed by atoms with van der Waals surface area (Å²) < 4.78 is 10.6. The van der Waals surface area contributed by atoms with Crippen LogP contribution in [0.4, 0.5) is 0 Å². The molecule has 2 rings (SSSR count). The topological polar surface area (TPSA) is 63.2 Å². The maximum Gasteiger partial charge on any atom is 0.310 e. The highest BCUT2D eigenvalue weighted by atomic mass is 127. The van der Waals surface area contributed by atoms with E-state index < -0.39 is 0 Å². The smallest absolute Gasteiger partial charge is 0.310 e. The lowest BCUT2D eigenvalue weighted by Crippen LogP contribution is -2.41. The summed E-state index contributed by atoms with van der Waals surface area (Å²) in [5, 5.41) is 3.35. The number of nitrogens with zero attached hydrogens (tertiary/aromatic N) is 2. The molecule has 0 saturated carbocycles. The molecule has 0 spiro atoms. The van der Waals surface area contributed by atoms with E-state index in [1.165, 1.54) is 12.7 Å². The highest BCUT2D eigenvalue weighted by Crippen LogP contribution is 2.24. The Kier molecular flexibility index (Phi) is 9.75. The molecule has 6 nitrogen and oxygen atoms in total. The minimum Gasteiger partial charge on any atom is -0.494 e. The summed E-state index contributed by atoms with van der Waals surface area (Å²) >= 11 is 0. The van der Waals surface area contributed by atoms with Crippen LogP contribution < -0.4 is 10.1 Å². The van der Waals surface area contributed by atoms with Crippen LogP contribution in [-0.2, 0) is 9.53 Å². The molecule has 1 aliphatic rings. The summed E-state index contributed by atoms with van der Waals surface area (Å²) in [6.07, 6.45) is 0.872. The lowest BCUT2D eigenvalue weighted by molar-refractivity contribution is -0.145. The van der Waals surface area contributed by atoms with Crippen molar-refractivity contribution in [1.29, 1.82) is 0 Å². The molecule has 1 aromatic rings. The number of rotatable bonds is 6. The van der Waals surface area contributed by atoms with Gasteiger partial charge in [0, 0.05) is 26.7 Å². The number of likely N-dealkylation sites (tertiary alicyclic amines) is 1. The van der Waals surface area contributed by atoms with Crippen molar-refractivity contribution in [3.05, 3.63) is 29.8 Å². The second-order valence-electron chi connectivity index (χ2n) is 6.50. The second kappa shape index (κ2) is 11.3. The average Bonchev–Trinajstić information content (AvgIpc) is 3.00. The zero-order chi connectivity index (χ0) is 18.2. The predicted octanol–water partition coefficient (Wildman–Crippen LogP) is 2.70. The minimum absolute atomic E-state index is 0. The molecule has 1 N–H and O–H groups in total. The molecule has 7 heteroatoms. The maximum absolute atomic E-state index is 11.8. The number of hydrogen-bond acceptors (Lipinski definition) is 4. The van der Waals surface area contributed by atoms with Crippen LogP contribution >= 0.6 is 24.0 Å². The van der Waals surface area contributed by atoms with Crippen molar-refractivity contribution in [3.8, 4) is 5.75 Å². The SMILES string of the molecule is CN=C(NCCCOc1ccc(C)cc1)N1CC(C)C(C(=O)OC)C1.I. The molecule has 0 aliphatic carbocycles. The number of ether oxygens (including phenoxy) is 2. The Bertz CT molecular complexity index is 592. The van der Waals surface area contributed by atoms with Crippen LogP contribution in [0.3, 0.4) is 0 Å². The first-order chi connectivity index (χ1) is 12.0. The number of carbonyl (C=O) groups is 1. The van der Waals surface area contributed by atoms with E-state index in [9.17, 15) is 4.79 Å². The van der Waals surface area contributed by atoms with E-state index in [-0.39, 0.29) is 41.8 Å². The molecule has 2 atom stereocenters. The largest absolute Gasteiger partial charge is 0.494 e. The standard InChI is InChI=1S/C19H29N3O3.HI/c1-14-6-8-16(9-7-14)25-11-5-10-21-19(20-3)22-12-15(2)17(13-22)18(23)24-4;/h6-9,15,17H,5,10-13H2,1-4H3,(H,20,21);1H. The van der Waals surface area contributed by atoms with Crippen LogP contribution in [0.2, 0.25) is 0 Å². The van der Waals surface area contributed by atoms with Crippen LogP contribution in [0.1, 0.15) is 18.9 Å². The first kappa shape index (κ1) is 22.5. The number of aryl methyl sites for hydroxylation is 1. The van der Waals surface area contributed by atoms with Gasteiger partial charge in [0.05, 0.1) is 19.6 Å². The van der Waals surface area contributed by atoms with Crippen molar-refractivity contribution in [2.24, 2.45) is 16.8 Å². The summed E-state index contributed by atoms with van der Waals surface area (Å²) in [6, 6.07) is 8.06. The Hall–Kier alpha value is -1.51. The monoisotopic (exact) mass is 475 g/mol. The van der Waals surface area contributed by atoms with E-state index in [2.05, 4.69) is 29.1 Å². The van der Waals surface area contributed by atoms with Gasteiger partial charge in [-0.25, -0.2) is 0 Å². The third kappa shape index (κ3) is 6.34. The number of nitrogens with one attached hydrogen (secondary N) is 1. The van der Waals surface area contributed by atoms with Crippen molar-refractivity contribution in [3.63, 3.8) is 0 Å². The number of carbonyl (C=O) groups excluding carboxylic acids is 1. The lowest BCUT2D eigenvalue weighted by atomic mass is 9.99. The highest BCUT2D eigenvalue weighted by Gasteiger charge is 2.36. The second-order valence-corrected chi connectivity index (χ2v) is 6.50. The number of benzene rings is 1. The van der Waals surface area contributed by atoms with Gasteiger partial charge in [-0.2, -0.15) is 0 Å². The van der Waals surface area contributed by atoms with Gasteiger partial charge in [-0.1, -0.05) is 24.6 Å². The first-order valence-electron chi connectivity index (χ1n) is 8.78. The third-order valence-electron chi connectivity index (χ3n) is 4.52. The Morgan fingerprint density at radius 3 is 2.62 bits per heavy atom. The van der Waals surface area contributed by atoms with E-state index in [1.54, 1.807) is 7.05 Å². The van der Waals surface area contributed by atoms with Gasteiger partial charge in [0.2, 0.25) is 0 Å². The van der Waals surface area contributed by atoms with Gasteiger partial charge < -0.3 is 19.7 Å². The summed E-state index contributed by atoms with van der Waals surface area (Å²) in [4.78, 5) is 18.3. The Balaban J connectivity index is 0.00000338. The van der Waals surface area contributed by atoms with Crippen LogP contribution in [-0.4, -0.2) is 57.2 Å². The van der Waals surface area contributed by atoms with Crippen molar-refractivity contribution in [2.75, 3.05) is 40.4 Å². The fraction of sp³-hybridized carbons (Fsp3) is 0.579. The van der Waals surface area contributed by atoms with Crippen molar-refractivity contribution in [1.82, 2.24) is 10.2 Å². The van der Waals surface area contributed by atoms with Gasteiger partial charge in [-0.3, -0.25) is 9.79 Å². The van der Waals surface area contributed by atoms with Crippen LogP contribution in [0.15, 0.2) is 29.3 Å². The normalized spacial score (nSPS) is 19.7. The molecule has 1 saturated heterocycles. The number of methoxy groups -OCH3 is 1. The van der Waals surface area contributed by atoms with Gasteiger partial charge in [-0.15, -0.1) is 24.0 Å². The molecule has 1 aliphatic heterocycles. The predicted molar refractivity (Wildman–Crippen MR) is 114 cm³/mol. The fourth-order valence-electron chi connectivity index (χ4n) is 3.03. The summed E-state index contributed by atoms with van der Waals surface area (Å²) in [5.41, 5.74) is 1.22. The van der Waals surface area contributed by atoms with Crippen molar-refractivity contribution < 1.29 is 14.3 Å². The summed E-state index contributed by atoms with van der Waals surface area (Å²) in [5.74, 6) is 1.75. The summed E-state index contributed by atoms with van der Waals surface area (Å²) in [6.45, 7) is 7.00. The Labute approximate surface area is 173 Å². The van der Waals surface area contributed by atoms with E-state index in [1.807, 2.05) is 24.3 Å². The molecule has 1 heterocycles. The first-order valence-corrected chi connectivity index (χ1v) is 8.78. The quantitative estimate of drug-likeness (QED) is 0.226. The third-order valence-corrected chi connectivity index (χ3v) is 4.52. The van der Waals surface area contributed by atoms with Crippen molar-refractivity contribution in [2.45, 2.75) is 20.3 Å².